The summed E-state index contributed by atoms with van der Waals surface area (Å²) in [5.74, 6) is 1.38. The van der Waals surface area contributed by atoms with Gasteiger partial charge < -0.3 is 10.2 Å². The molecule has 0 aliphatic heterocycles. The molecule has 0 saturated carbocycles. The molecule has 0 fully saturated rings. The molecule has 3 rings (SSSR count). The van der Waals surface area contributed by atoms with E-state index in [-0.39, 0.29) is 11.5 Å². The Morgan fingerprint density at radius 3 is 2.67 bits per heavy atom. The van der Waals surface area contributed by atoms with Crippen LogP contribution in [0.1, 0.15) is 17.0 Å². The quantitative estimate of drug-likeness (QED) is 0.550. The fourth-order valence-electron chi connectivity index (χ4n) is 2.04. The van der Waals surface area contributed by atoms with Crippen LogP contribution < -0.4 is 0 Å². The maximum absolute atomic E-state index is 9.81. The number of hydrogen-bond donors (Lipinski definition) is 2. The number of aryl methyl sites for hydroxylation is 1. The van der Waals surface area contributed by atoms with Crippen molar-refractivity contribution < 1.29 is 10.2 Å². The second-order valence-electron chi connectivity index (χ2n) is 5.10. The Hall–Kier alpha value is -2.80. The van der Waals surface area contributed by atoms with Gasteiger partial charge in [0.05, 0.1) is 6.21 Å². The Labute approximate surface area is 143 Å². The molecule has 0 amide bonds. The SMILES string of the molecule is Cc1nnc(SCc2ccccc2)n1/N=C/c1ccc(O)cc1O. The van der Waals surface area contributed by atoms with Gasteiger partial charge in [-0.15, -0.1) is 10.2 Å². The van der Waals surface area contributed by atoms with Gasteiger partial charge in [0.15, 0.2) is 5.82 Å². The summed E-state index contributed by atoms with van der Waals surface area (Å²) >= 11 is 1.54. The molecule has 122 valence electrons. The zero-order valence-corrected chi connectivity index (χ0v) is 13.8. The summed E-state index contributed by atoms with van der Waals surface area (Å²) in [5, 5.41) is 32.3. The Morgan fingerprint density at radius 2 is 1.92 bits per heavy atom. The Balaban J connectivity index is 1.78. The highest BCUT2D eigenvalue weighted by Gasteiger charge is 2.09. The molecule has 7 heteroatoms. The Kier molecular flexibility index (Phi) is 4.81. The first kappa shape index (κ1) is 16.1. The average Bonchev–Trinajstić information content (AvgIpc) is 2.93. The predicted molar refractivity (Wildman–Crippen MR) is 93.5 cm³/mol. The van der Waals surface area contributed by atoms with Crippen molar-refractivity contribution in [3.05, 3.63) is 65.5 Å². The summed E-state index contributed by atoms with van der Waals surface area (Å²) in [4.78, 5) is 0. The van der Waals surface area contributed by atoms with Crippen LogP contribution in [-0.4, -0.2) is 31.3 Å². The van der Waals surface area contributed by atoms with Gasteiger partial charge in [0.1, 0.15) is 11.5 Å². The van der Waals surface area contributed by atoms with Crippen LogP contribution in [0.25, 0.3) is 0 Å². The standard InChI is InChI=1S/C17H16N4O2S/c1-12-19-20-17(24-11-13-5-3-2-4-6-13)21(12)18-10-14-7-8-15(22)9-16(14)23/h2-10,22-23H,11H2,1H3/b18-10+. The third kappa shape index (κ3) is 3.75. The molecule has 0 aliphatic rings. The van der Waals surface area contributed by atoms with Gasteiger partial charge in [-0.2, -0.15) is 9.78 Å². The molecule has 3 aromatic rings. The monoisotopic (exact) mass is 340 g/mol. The van der Waals surface area contributed by atoms with Gasteiger partial charge in [-0.05, 0) is 24.6 Å². The molecule has 6 nitrogen and oxygen atoms in total. The van der Waals surface area contributed by atoms with Gasteiger partial charge >= 0.3 is 0 Å². The lowest BCUT2D eigenvalue weighted by Crippen LogP contribution is -1.96. The molecular weight excluding hydrogens is 324 g/mol. The molecule has 1 aromatic heterocycles. The summed E-state index contributed by atoms with van der Waals surface area (Å²) in [5.41, 5.74) is 1.69. The molecule has 1 heterocycles. The predicted octanol–water partition coefficient (Wildman–Crippen LogP) is 3.17. The van der Waals surface area contributed by atoms with E-state index in [2.05, 4.69) is 27.4 Å². The summed E-state index contributed by atoms with van der Waals surface area (Å²) in [7, 11) is 0. The number of phenolic OH excluding ortho intramolecular Hbond substituents is 2. The second kappa shape index (κ2) is 7.18. The van der Waals surface area contributed by atoms with Crippen LogP contribution in [0.5, 0.6) is 11.5 Å². The van der Waals surface area contributed by atoms with Gasteiger partial charge in [-0.25, -0.2) is 0 Å². The minimum absolute atomic E-state index is 0.00392. The summed E-state index contributed by atoms with van der Waals surface area (Å²) in [6.45, 7) is 1.81. The normalized spacial score (nSPS) is 11.2. The number of phenols is 2. The van der Waals surface area contributed by atoms with Crippen molar-refractivity contribution >= 4 is 18.0 Å². The number of rotatable bonds is 5. The third-order valence-corrected chi connectivity index (χ3v) is 4.30. The summed E-state index contributed by atoms with van der Waals surface area (Å²) in [6.07, 6.45) is 1.51. The first-order valence-electron chi connectivity index (χ1n) is 7.28. The van der Waals surface area contributed by atoms with E-state index in [1.807, 2.05) is 25.1 Å². The highest BCUT2D eigenvalue weighted by atomic mass is 32.2. The number of benzene rings is 2. The zero-order chi connectivity index (χ0) is 16.9. The van der Waals surface area contributed by atoms with E-state index in [1.54, 1.807) is 10.7 Å². The third-order valence-electron chi connectivity index (χ3n) is 3.31. The van der Waals surface area contributed by atoms with Crippen LogP contribution in [0.15, 0.2) is 58.8 Å². The number of aromatic nitrogens is 3. The molecule has 0 bridgehead atoms. The molecule has 2 N–H and O–H groups in total. The van der Waals surface area contributed by atoms with Gasteiger partial charge in [0.2, 0.25) is 5.16 Å². The molecule has 0 saturated heterocycles. The molecule has 0 aliphatic carbocycles. The Morgan fingerprint density at radius 1 is 1.12 bits per heavy atom. The van der Waals surface area contributed by atoms with Crippen molar-refractivity contribution in [1.29, 1.82) is 0 Å². The average molecular weight is 340 g/mol. The van der Waals surface area contributed by atoms with Crippen LogP contribution in [0, 0.1) is 6.92 Å². The molecule has 0 spiro atoms. The number of hydrogen-bond acceptors (Lipinski definition) is 6. The van der Waals surface area contributed by atoms with Crippen molar-refractivity contribution in [2.24, 2.45) is 5.10 Å². The maximum atomic E-state index is 9.81. The highest BCUT2D eigenvalue weighted by Crippen LogP contribution is 2.23. The summed E-state index contributed by atoms with van der Waals surface area (Å²) in [6, 6.07) is 14.4. The fourth-order valence-corrected chi connectivity index (χ4v) is 2.93. The van der Waals surface area contributed by atoms with E-state index in [0.29, 0.717) is 16.5 Å². The van der Waals surface area contributed by atoms with Gasteiger partial charge in [0, 0.05) is 17.4 Å². The molecular formula is C17H16N4O2S. The van der Waals surface area contributed by atoms with Gasteiger partial charge in [-0.1, -0.05) is 42.1 Å². The largest absolute Gasteiger partial charge is 0.508 e. The lowest BCUT2D eigenvalue weighted by atomic mass is 10.2. The second-order valence-corrected chi connectivity index (χ2v) is 6.05. The van der Waals surface area contributed by atoms with Crippen LogP contribution in [0.2, 0.25) is 0 Å². The van der Waals surface area contributed by atoms with Crippen molar-refractivity contribution in [2.75, 3.05) is 0 Å². The topological polar surface area (TPSA) is 83.5 Å². The van der Waals surface area contributed by atoms with Crippen LogP contribution in [0.3, 0.4) is 0 Å². The smallest absolute Gasteiger partial charge is 0.212 e. The number of aromatic hydroxyl groups is 2. The van der Waals surface area contributed by atoms with E-state index in [4.69, 9.17) is 0 Å². The van der Waals surface area contributed by atoms with Crippen molar-refractivity contribution in [3.8, 4) is 11.5 Å². The lowest BCUT2D eigenvalue weighted by Gasteiger charge is -2.03. The van der Waals surface area contributed by atoms with Crippen LogP contribution in [0.4, 0.5) is 0 Å². The van der Waals surface area contributed by atoms with E-state index < -0.39 is 0 Å². The minimum atomic E-state index is -0.0389. The van der Waals surface area contributed by atoms with E-state index in [1.165, 1.54) is 35.7 Å². The van der Waals surface area contributed by atoms with Gasteiger partial charge in [-0.3, -0.25) is 0 Å². The number of nitrogens with zero attached hydrogens (tertiary/aromatic N) is 4. The first-order chi connectivity index (χ1) is 11.6. The molecule has 24 heavy (non-hydrogen) atoms. The maximum Gasteiger partial charge on any atom is 0.212 e. The lowest BCUT2D eigenvalue weighted by molar-refractivity contribution is 0.450. The van der Waals surface area contributed by atoms with Crippen molar-refractivity contribution in [3.63, 3.8) is 0 Å². The minimum Gasteiger partial charge on any atom is -0.508 e. The van der Waals surface area contributed by atoms with Crippen molar-refractivity contribution in [1.82, 2.24) is 14.9 Å². The van der Waals surface area contributed by atoms with Crippen LogP contribution >= 0.6 is 11.8 Å². The fraction of sp³-hybridized carbons (Fsp3) is 0.118. The van der Waals surface area contributed by atoms with E-state index in [0.717, 1.165) is 5.75 Å². The Bertz CT molecular complexity index is 862. The zero-order valence-electron chi connectivity index (χ0n) is 13.0. The van der Waals surface area contributed by atoms with Crippen LogP contribution in [-0.2, 0) is 5.75 Å². The van der Waals surface area contributed by atoms with Gasteiger partial charge in [0.25, 0.3) is 0 Å². The van der Waals surface area contributed by atoms with E-state index in [9.17, 15) is 10.2 Å². The number of thioether (sulfide) groups is 1. The molecule has 0 unspecified atom stereocenters. The molecule has 0 atom stereocenters. The molecule has 2 aromatic carbocycles. The van der Waals surface area contributed by atoms with E-state index >= 15 is 0 Å². The summed E-state index contributed by atoms with van der Waals surface area (Å²) < 4.78 is 1.62. The van der Waals surface area contributed by atoms with Crippen molar-refractivity contribution in [2.45, 2.75) is 17.8 Å². The molecule has 0 radical (unpaired) electrons. The first-order valence-corrected chi connectivity index (χ1v) is 8.27. The highest BCUT2D eigenvalue weighted by molar-refractivity contribution is 7.98.